The predicted molar refractivity (Wildman–Crippen MR) is 109 cm³/mol. The minimum atomic E-state index is -3.85. The Balaban J connectivity index is 2.10. The summed E-state index contributed by atoms with van der Waals surface area (Å²) in [4.78, 5) is 24.1. The van der Waals surface area contributed by atoms with Crippen molar-refractivity contribution in [1.29, 1.82) is 0 Å². The van der Waals surface area contributed by atoms with E-state index in [-0.39, 0.29) is 22.9 Å². The highest BCUT2D eigenvalue weighted by Crippen LogP contribution is 2.18. The van der Waals surface area contributed by atoms with E-state index in [0.717, 1.165) is 5.56 Å². The molecule has 0 fully saturated rings. The normalized spacial score (nSPS) is 11.6. The average Bonchev–Trinajstić information content (AvgIpc) is 2.58. The van der Waals surface area contributed by atoms with E-state index in [4.69, 9.17) is 0 Å². The third kappa shape index (κ3) is 6.38. The molecule has 0 aliphatic rings. The maximum absolute atomic E-state index is 12.6. The van der Waals surface area contributed by atoms with E-state index < -0.39 is 21.5 Å². The lowest BCUT2D eigenvalue weighted by atomic mass is 10.1. The number of aryl methyl sites for hydroxylation is 1. The smallest absolute Gasteiger partial charge is 0.261 e. The van der Waals surface area contributed by atoms with Crippen LogP contribution in [-0.2, 0) is 14.8 Å². The third-order valence-electron chi connectivity index (χ3n) is 3.60. The molecule has 150 valence electrons. The summed E-state index contributed by atoms with van der Waals surface area (Å²) >= 11 is 0. The molecule has 2 aromatic rings. The van der Waals surface area contributed by atoms with Crippen LogP contribution in [0.5, 0.6) is 0 Å². The Morgan fingerprint density at radius 3 is 2.32 bits per heavy atom. The number of hydrogen-bond acceptors (Lipinski definition) is 4. The molecule has 7 nitrogen and oxygen atoms in total. The molecule has 0 heterocycles. The highest BCUT2D eigenvalue weighted by molar-refractivity contribution is 7.92. The van der Waals surface area contributed by atoms with Crippen molar-refractivity contribution in [2.45, 2.75) is 38.1 Å². The number of hydrogen-bond donors (Lipinski definition) is 3. The van der Waals surface area contributed by atoms with Crippen molar-refractivity contribution in [1.82, 2.24) is 10.6 Å². The minimum absolute atomic E-state index is 0.0409. The number of sulfonamides is 1. The molecule has 0 spiro atoms. The maximum Gasteiger partial charge on any atom is 0.261 e. The summed E-state index contributed by atoms with van der Waals surface area (Å²) in [6, 6.07) is 12.6. The highest BCUT2D eigenvalue weighted by Gasteiger charge is 2.18. The predicted octanol–water partition coefficient (Wildman–Crippen LogP) is 2.44. The van der Waals surface area contributed by atoms with Crippen molar-refractivity contribution in [2.24, 2.45) is 0 Å². The second-order valence-electron chi connectivity index (χ2n) is 7.48. The molecule has 0 aliphatic carbocycles. The van der Waals surface area contributed by atoms with Gasteiger partial charge in [-0.1, -0.05) is 18.2 Å². The van der Waals surface area contributed by atoms with E-state index in [1.54, 1.807) is 18.2 Å². The number of benzene rings is 2. The van der Waals surface area contributed by atoms with Gasteiger partial charge in [-0.25, -0.2) is 8.42 Å². The second kappa shape index (κ2) is 8.43. The molecule has 0 unspecified atom stereocenters. The van der Waals surface area contributed by atoms with Crippen molar-refractivity contribution in [2.75, 3.05) is 11.3 Å². The molecular weight excluding hydrogens is 378 g/mol. The van der Waals surface area contributed by atoms with Crippen LogP contribution in [0.1, 0.15) is 36.7 Å². The first-order chi connectivity index (χ1) is 13.0. The number of nitrogens with one attached hydrogen (secondary N) is 3. The average molecular weight is 404 g/mol. The zero-order chi connectivity index (χ0) is 20.9. The molecule has 2 aromatic carbocycles. The van der Waals surface area contributed by atoms with E-state index in [2.05, 4.69) is 15.4 Å². The Morgan fingerprint density at radius 1 is 1.00 bits per heavy atom. The lowest BCUT2D eigenvalue weighted by molar-refractivity contribution is -0.121. The van der Waals surface area contributed by atoms with E-state index in [1.807, 2.05) is 33.8 Å². The Kier molecular flexibility index (Phi) is 6.45. The number of rotatable bonds is 6. The number of carbonyl (C=O) groups excluding carboxylic acids is 2. The van der Waals surface area contributed by atoms with Gasteiger partial charge in [-0.15, -0.1) is 0 Å². The van der Waals surface area contributed by atoms with Crippen molar-refractivity contribution in [3.8, 4) is 0 Å². The van der Waals surface area contributed by atoms with Crippen LogP contribution in [0.2, 0.25) is 0 Å². The molecule has 0 atom stereocenters. The Labute approximate surface area is 165 Å². The van der Waals surface area contributed by atoms with Gasteiger partial charge in [0.15, 0.2) is 0 Å². The standard InChI is InChI=1S/C20H25N3O4S/c1-14-7-5-9-16(11-14)23-28(26,27)17-10-6-8-15(12-17)19(25)21-13-18(24)22-20(2,3)4/h5-12,23H,13H2,1-4H3,(H,21,25)(H,22,24). The molecule has 28 heavy (non-hydrogen) atoms. The monoisotopic (exact) mass is 403 g/mol. The summed E-state index contributed by atoms with van der Waals surface area (Å²) < 4.78 is 27.7. The van der Waals surface area contributed by atoms with Crippen LogP contribution < -0.4 is 15.4 Å². The van der Waals surface area contributed by atoms with Crippen LogP contribution in [0.3, 0.4) is 0 Å². The Hall–Kier alpha value is -2.87. The van der Waals surface area contributed by atoms with Gasteiger partial charge in [-0.05, 0) is 63.6 Å². The van der Waals surface area contributed by atoms with Crippen LogP contribution in [0.15, 0.2) is 53.4 Å². The minimum Gasteiger partial charge on any atom is -0.350 e. The zero-order valence-corrected chi connectivity index (χ0v) is 17.2. The van der Waals surface area contributed by atoms with Crippen LogP contribution in [-0.4, -0.2) is 32.3 Å². The molecular formula is C20H25N3O4S. The first kappa shape index (κ1) is 21.4. The number of carbonyl (C=O) groups is 2. The fourth-order valence-corrected chi connectivity index (χ4v) is 3.55. The summed E-state index contributed by atoms with van der Waals surface area (Å²) in [5, 5.41) is 5.22. The summed E-state index contributed by atoms with van der Waals surface area (Å²) in [6.07, 6.45) is 0. The molecule has 3 N–H and O–H groups in total. The van der Waals surface area contributed by atoms with Gasteiger partial charge in [0.2, 0.25) is 5.91 Å². The third-order valence-corrected chi connectivity index (χ3v) is 4.98. The van der Waals surface area contributed by atoms with Gasteiger partial charge in [0.05, 0.1) is 11.4 Å². The summed E-state index contributed by atoms with van der Waals surface area (Å²) in [5.41, 5.74) is 1.10. The molecule has 0 radical (unpaired) electrons. The Morgan fingerprint density at radius 2 is 1.68 bits per heavy atom. The fourth-order valence-electron chi connectivity index (χ4n) is 2.45. The lowest BCUT2D eigenvalue weighted by Gasteiger charge is -2.20. The van der Waals surface area contributed by atoms with E-state index in [0.29, 0.717) is 5.69 Å². The van der Waals surface area contributed by atoms with Crippen LogP contribution in [0, 0.1) is 6.92 Å². The van der Waals surface area contributed by atoms with Crippen LogP contribution in [0.4, 0.5) is 5.69 Å². The Bertz CT molecular complexity index is 979. The molecule has 2 amide bonds. The molecule has 0 saturated heterocycles. The highest BCUT2D eigenvalue weighted by atomic mass is 32.2. The first-order valence-electron chi connectivity index (χ1n) is 8.75. The maximum atomic E-state index is 12.6. The largest absolute Gasteiger partial charge is 0.350 e. The van der Waals surface area contributed by atoms with Gasteiger partial charge in [0.25, 0.3) is 15.9 Å². The lowest BCUT2D eigenvalue weighted by Crippen LogP contribution is -2.45. The van der Waals surface area contributed by atoms with Crippen molar-refractivity contribution >= 4 is 27.5 Å². The van der Waals surface area contributed by atoms with Crippen LogP contribution in [0.25, 0.3) is 0 Å². The van der Waals surface area contributed by atoms with E-state index in [9.17, 15) is 18.0 Å². The van der Waals surface area contributed by atoms with Gasteiger partial charge in [0.1, 0.15) is 0 Å². The molecule has 0 aromatic heterocycles. The second-order valence-corrected chi connectivity index (χ2v) is 9.17. The fraction of sp³-hybridized carbons (Fsp3) is 0.300. The van der Waals surface area contributed by atoms with Crippen molar-refractivity contribution in [3.05, 3.63) is 59.7 Å². The van der Waals surface area contributed by atoms with Crippen LogP contribution >= 0.6 is 0 Å². The molecule has 0 saturated carbocycles. The van der Waals surface area contributed by atoms with E-state index >= 15 is 0 Å². The van der Waals surface area contributed by atoms with Gasteiger partial charge >= 0.3 is 0 Å². The quantitative estimate of drug-likeness (QED) is 0.689. The van der Waals surface area contributed by atoms with Gasteiger partial charge in [0, 0.05) is 16.8 Å². The zero-order valence-electron chi connectivity index (χ0n) is 16.4. The first-order valence-corrected chi connectivity index (χ1v) is 10.2. The molecule has 0 bridgehead atoms. The van der Waals surface area contributed by atoms with Gasteiger partial charge in [-0.3, -0.25) is 14.3 Å². The van der Waals surface area contributed by atoms with E-state index in [1.165, 1.54) is 24.3 Å². The van der Waals surface area contributed by atoms with Gasteiger partial charge in [-0.2, -0.15) is 0 Å². The number of amides is 2. The topological polar surface area (TPSA) is 104 Å². The van der Waals surface area contributed by atoms with Gasteiger partial charge < -0.3 is 10.6 Å². The van der Waals surface area contributed by atoms with Crippen molar-refractivity contribution < 1.29 is 18.0 Å². The summed E-state index contributed by atoms with van der Waals surface area (Å²) in [5.74, 6) is -0.859. The van der Waals surface area contributed by atoms with Crippen molar-refractivity contribution in [3.63, 3.8) is 0 Å². The number of anilines is 1. The molecule has 2 rings (SSSR count). The SMILES string of the molecule is Cc1cccc(NS(=O)(=O)c2cccc(C(=O)NCC(=O)NC(C)(C)C)c2)c1. The summed E-state index contributed by atoms with van der Waals surface area (Å²) in [6.45, 7) is 7.17. The summed E-state index contributed by atoms with van der Waals surface area (Å²) in [7, 11) is -3.85. The molecule has 0 aliphatic heterocycles. The molecule has 8 heteroatoms.